The standard InChI is InChI=1S/C20H23N3O6/c24-17-7-6-14(18(25)21-17)23-11-13-12(19(23)26)3-1-5-16(13)29-10-9-22-8-2-4-15(22)20(27)28/h1,3,5,14-15H,2,4,6-11H2,(H,27,28)(H,21,24,25)/t14?,15-/m1/s1. The first-order valence-electron chi connectivity index (χ1n) is 9.82. The van der Waals surface area contributed by atoms with Crippen molar-refractivity contribution in [2.45, 2.75) is 44.3 Å². The molecular weight excluding hydrogens is 378 g/mol. The average Bonchev–Trinajstić information content (AvgIpc) is 3.28. The van der Waals surface area contributed by atoms with E-state index in [1.165, 1.54) is 4.90 Å². The number of amides is 3. The number of aliphatic carboxylic acids is 1. The van der Waals surface area contributed by atoms with Crippen LogP contribution in [-0.4, -0.2) is 70.4 Å². The number of carbonyl (C=O) groups is 4. The van der Waals surface area contributed by atoms with Gasteiger partial charge in [-0.05, 0) is 37.9 Å². The van der Waals surface area contributed by atoms with Crippen LogP contribution in [0, 0.1) is 0 Å². The van der Waals surface area contributed by atoms with Gasteiger partial charge in [-0.2, -0.15) is 0 Å². The average molecular weight is 401 g/mol. The van der Waals surface area contributed by atoms with E-state index in [-0.39, 0.29) is 24.8 Å². The van der Waals surface area contributed by atoms with Crippen molar-refractivity contribution in [3.63, 3.8) is 0 Å². The minimum atomic E-state index is -0.811. The van der Waals surface area contributed by atoms with Gasteiger partial charge in [0, 0.05) is 24.1 Å². The summed E-state index contributed by atoms with van der Waals surface area (Å²) < 4.78 is 5.90. The fourth-order valence-electron chi connectivity index (χ4n) is 4.34. The molecule has 1 unspecified atom stereocenters. The molecule has 2 saturated heterocycles. The summed E-state index contributed by atoms with van der Waals surface area (Å²) >= 11 is 0. The molecule has 29 heavy (non-hydrogen) atoms. The van der Waals surface area contributed by atoms with Crippen LogP contribution in [0.3, 0.4) is 0 Å². The van der Waals surface area contributed by atoms with Crippen LogP contribution in [0.15, 0.2) is 18.2 Å². The van der Waals surface area contributed by atoms with E-state index in [1.807, 2.05) is 4.90 Å². The number of likely N-dealkylation sites (tertiary alicyclic amines) is 1. The number of piperidine rings is 1. The van der Waals surface area contributed by atoms with Gasteiger partial charge in [-0.25, -0.2) is 0 Å². The number of rotatable bonds is 6. The molecule has 3 amide bonds. The van der Waals surface area contributed by atoms with Crippen LogP contribution in [0.25, 0.3) is 0 Å². The second kappa shape index (κ2) is 7.82. The molecule has 2 fully saturated rings. The van der Waals surface area contributed by atoms with Crippen molar-refractivity contribution in [3.05, 3.63) is 29.3 Å². The molecule has 0 bridgehead atoms. The first-order valence-corrected chi connectivity index (χ1v) is 9.82. The number of carbonyl (C=O) groups excluding carboxylic acids is 3. The lowest BCUT2D eigenvalue weighted by Gasteiger charge is -2.29. The maximum absolute atomic E-state index is 12.8. The van der Waals surface area contributed by atoms with E-state index < -0.39 is 24.0 Å². The van der Waals surface area contributed by atoms with Crippen LogP contribution in [0.2, 0.25) is 0 Å². The summed E-state index contributed by atoms with van der Waals surface area (Å²) in [7, 11) is 0. The molecule has 3 heterocycles. The Morgan fingerprint density at radius 1 is 1.24 bits per heavy atom. The molecule has 2 atom stereocenters. The van der Waals surface area contributed by atoms with Gasteiger partial charge in [0.2, 0.25) is 11.8 Å². The number of imide groups is 1. The van der Waals surface area contributed by atoms with Crippen molar-refractivity contribution in [1.82, 2.24) is 15.1 Å². The predicted octanol–water partition coefficient (Wildman–Crippen LogP) is 0.375. The number of carboxylic acids is 1. The number of hydrogen-bond donors (Lipinski definition) is 2. The summed E-state index contributed by atoms with van der Waals surface area (Å²) in [6.07, 6.45) is 2.02. The molecule has 0 radical (unpaired) electrons. The van der Waals surface area contributed by atoms with Gasteiger partial charge in [0.25, 0.3) is 5.91 Å². The maximum atomic E-state index is 12.8. The fraction of sp³-hybridized carbons (Fsp3) is 0.500. The van der Waals surface area contributed by atoms with Gasteiger partial charge in [-0.3, -0.25) is 29.4 Å². The molecule has 9 nitrogen and oxygen atoms in total. The molecule has 2 N–H and O–H groups in total. The zero-order valence-corrected chi connectivity index (χ0v) is 15.9. The van der Waals surface area contributed by atoms with E-state index in [1.54, 1.807) is 18.2 Å². The molecule has 0 aliphatic carbocycles. The number of ether oxygens (including phenoxy) is 1. The molecule has 1 aromatic rings. The highest BCUT2D eigenvalue weighted by Gasteiger charge is 2.40. The zero-order chi connectivity index (χ0) is 20.5. The van der Waals surface area contributed by atoms with Crippen LogP contribution in [-0.2, 0) is 20.9 Å². The van der Waals surface area contributed by atoms with Gasteiger partial charge in [-0.15, -0.1) is 0 Å². The Hall–Kier alpha value is -2.94. The largest absolute Gasteiger partial charge is 0.492 e. The molecule has 3 aliphatic rings. The highest BCUT2D eigenvalue weighted by atomic mass is 16.5. The lowest BCUT2D eigenvalue weighted by atomic mass is 10.0. The van der Waals surface area contributed by atoms with Gasteiger partial charge in [-0.1, -0.05) is 6.07 Å². The quantitative estimate of drug-likeness (QED) is 0.662. The molecule has 9 heteroatoms. The normalized spacial score (nSPS) is 24.6. The topological polar surface area (TPSA) is 116 Å². The van der Waals surface area contributed by atoms with E-state index in [0.29, 0.717) is 37.3 Å². The molecule has 3 aliphatic heterocycles. The Kier molecular flexibility index (Phi) is 5.23. The van der Waals surface area contributed by atoms with Gasteiger partial charge < -0.3 is 14.7 Å². The van der Waals surface area contributed by atoms with Crippen molar-refractivity contribution in [3.8, 4) is 5.75 Å². The Labute approximate surface area is 167 Å². The lowest BCUT2D eigenvalue weighted by molar-refractivity contribution is -0.142. The molecule has 0 spiro atoms. The third kappa shape index (κ3) is 3.69. The fourth-order valence-corrected chi connectivity index (χ4v) is 4.34. The third-order valence-electron chi connectivity index (χ3n) is 5.82. The Bertz CT molecular complexity index is 870. The van der Waals surface area contributed by atoms with Gasteiger partial charge in [0.1, 0.15) is 24.4 Å². The maximum Gasteiger partial charge on any atom is 0.320 e. The summed E-state index contributed by atoms with van der Waals surface area (Å²) in [4.78, 5) is 51.0. The zero-order valence-electron chi connectivity index (χ0n) is 15.9. The van der Waals surface area contributed by atoms with Crippen molar-refractivity contribution < 1.29 is 29.0 Å². The lowest BCUT2D eigenvalue weighted by Crippen LogP contribution is -2.52. The monoisotopic (exact) mass is 401 g/mol. The molecule has 0 aromatic heterocycles. The van der Waals surface area contributed by atoms with Crippen LogP contribution >= 0.6 is 0 Å². The summed E-state index contributed by atoms with van der Waals surface area (Å²) in [5.74, 6) is -1.25. The van der Waals surface area contributed by atoms with Crippen LogP contribution in [0.1, 0.15) is 41.6 Å². The third-order valence-corrected chi connectivity index (χ3v) is 5.82. The molecule has 1 aromatic carbocycles. The Morgan fingerprint density at radius 2 is 2.07 bits per heavy atom. The Balaban J connectivity index is 1.42. The van der Waals surface area contributed by atoms with Crippen molar-refractivity contribution >= 4 is 23.7 Å². The predicted molar refractivity (Wildman–Crippen MR) is 100 cm³/mol. The number of benzene rings is 1. The van der Waals surface area contributed by atoms with E-state index >= 15 is 0 Å². The highest BCUT2D eigenvalue weighted by Crippen LogP contribution is 2.33. The van der Waals surface area contributed by atoms with E-state index in [9.17, 15) is 24.3 Å². The second-order valence-electron chi connectivity index (χ2n) is 7.56. The number of nitrogens with zero attached hydrogens (tertiary/aromatic N) is 2. The van der Waals surface area contributed by atoms with Crippen molar-refractivity contribution in [2.24, 2.45) is 0 Å². The number of hydrogen-bond acceptors (Lipinski definition) is 6. The molecule has 154 valence electrons. The van der Waals surface area contributed by atoms with Crippen molar-refractivity contribution in [2.75, 3.05) is 19.7 Å². The minimum absolute atomic E-state index is 0.209. The molecular formula is C20H23N3O6. The Morgan fingerprint density at radius 3 is 2.83 bits per heavy atom. The first-order chi connectivity index (χ1) is 14.0. The summed E-state index contributed by atoms with van der Waals surface area (Å²) in [6.45, 7) is 1.78. The SMILES string of the molecule is O=C1CCC(N2Cc3c(OCCN4CCC[C@@H]4C(=O)O)cccc3C2=O)C(=O)N1. The van der Waals surface area contributed by atoms with Crippen molar-refractivity contribution in [1.29, 1.82) is 0 Å². The number of fused-ring (bicyclic) bond motifs is 1. The van der Waals surface area contributed by atoms with Crippen LogP contribution < -0.4 is 10.1 Å². The van der Waals surface area contributed by atoms with E-state index in [4.69, 9.17) is 4.74 Å². The highest BCUT2D eigenvalue weighted by molar-refractivity contribution is 6.05. The molecule has 4 rings (SSSR count). The van der Waals surface area contributed by atoms with Gasteiger partial charge in [0.05, 0.1) is 6.54 Å². The van der Waals surface area contributed by atoms with Crippen LogP contribution in [0.4, 0.5) is 0 Å². The second-order valence-corrected chi connectivity index (χ2v) is 7.56. The summed E-state index contributed by atoms with van der Waals surface area (Å²) in [6, 6.07) is 4.08. The summed E-state index contributed by atoms with van der Waals surface area (Å²) in [5, 5.41) is 11.6. The first kappa shape index (κ1) is 19.4. The van der Waals surface area contributed by atoms with Crippen LogP contribution in [0.5, 0.6) is 5.75 Å². The number of nitrogens with one attached hydrogen (secondary N) is 1. The minimum Gasteiger partial charge on any atom is -0.492 e. The number of carboxylic acid groups (broad SMARTS) is 1. The van der Waals surface area contributed by atoms with Gasteiger partial charge in [0.15, 0.2) is 0 Å². The molecule has 0 saturated carbocycles. The van der Waals surface area contributed by atoms with E-state index in [2.05, 4.69) is 5.32 Å². The summed E-state index contributed by atoms with van der Waals surface area (Å²) in [5.41, 5.74) is 1.22. The van der Waals surface area contributed by atoms with E-state index in [0.717, 1.165) is 18.5 Å². The smallest absolute Gasteiger partial charge is 0.320 e. The van der Waals surface area contributed by atoms with Gasteiger partial charge >= 0.3 is 5.97 Å².